The van der Waals surface area contributed by atoms with Crippen molar-refractivity contribution in [3.8, 4) is 0 Å². The lowest BCUT2D eigenvalue weighted by atomic mass is 10.3. The zero-order valence-corrected chi connectivity index (χ0v) is 13.1. The quantitative estimate of drug-likeness (QED) is 0.895. The maximum Gasteiger partial charge on any atom is 0.352 e. The Hall–Kier alpha value is -1.38. The lowest BCUT2D eigenvalue weighted by molar-refractivity contribution is -0.0440. The van der Waals surface area contributed by atoms with Crippen molar-refractivity contribution in [2.24, 2.45) is 0 Å². The second-order valence-electron chi connectivity index (χ2n) is 5.23. The minimum Gasteiger partial charge on any atom is -0.477 e. The molecule has 2 atom stereocenters. The van der Waals surface area contributed by atoms with Gasteiger partial charge in [0.05, 0.1) is 12.2 Å². The first kappa shape index (κ1) is 16.0. The average molecular weight is 316 g/mol. The summed E-state index contributed by atoms with van der Waals surface area (Å²) < 4.78 is 33.6. The van der Waals surface area contributed by atoms with E-state index in [-0.39, 0.29) is 35.9 Å². The number of carboxylic acid groups (broad SMARTS) is 1. The van der Waals surface area contributed by atoms with Gasteiger partial charge in [0.2, 0.25) is 10.0 Å². The van der Waals surface area contributed by atoms with Crippen LogP contribution in [0, 0.1) is 0 Å². The highest BCUT2D eigenvalue weighted by molar-refractivity contribution is 7.89. The third kappa shape index (κ3) is 3.12. The fourth-order valence-corrected chi connectivity index (χ4v) is 4.17. The molecule has 0 aliphatic carbocycles. The minimum absolute atomic E-state index is 0.0167. The standard InChI is InChI=1S/C13H20N2O5S/c1-4-14-8-11(5-12(14)13(16)17)21(18,19)15-6-9(2)20-10(3)7-15/h5,8-10H,4,6-7H2,1-3H3,(H,16,17). The number of carbonyl (C=O) groups is 1. The maximum atomic E-state index is 12.6. The van der Waals surface area contributed by atoms with E-state index >= 15 is 0 Å². The number of hydrogen-bond donors (Lipinski definition) is 1. The second-order valence-corrected chi connectivity index (χ2v) is 7.17. The van der Waals surface area contributed by atoms with Gasteiger partial charge in [-0.25, -0.2) is 13.2 Å². The molecule has 1 saturated heterocycles. The molecule has 0 aromatic carbocycles. The third-order valence-electron chi connectivity index (χ3n) is 3.46. The number of rotatable bonds is 4. The van der Waals surface area contributed by atoms with E-state index < -0.39 is 16.0 Å². The van der Waals surface area contributed by atoms with Crippen molar-refractivity contribution in [1.29, 1.82) is 0 Å². The lowest BCUT2D eigenvalue weighted by Gasteiger charge is -2.34. The third-order valence-corrected chi connectivity index (χ3v) is 5.25. The van der Waals surface area contributed by atoms with Crippen molar-refractivity contribution in [2.45, 2.75) is 44.4 Å². The molecule has 0 amide bonds. The van der Waals surface area contributed by atoms with Crippen LogP contribution in [0.4, 0.5) is 0 Å². The summed E-state index contributed by atoms with van der Waals surface area (Å²) in [6.07, 6.45) is 1.01. The largest absolute Gasteiger partial charge is 0.477 e. The van der Waals surface area contributed by atoms with Gasteiger partial charge >= 0.3 is 5.97 Å². The molecule has 1 aromatic rings. The van der Waals surface area contributed by atoms with Gasteiger partial charge < -0.3 is 14.4 Å². The van der Waals surface area contributed by atoms with Crippen molar-refractivity contribution in [2.75, 3.05) is 13.1 Å². The van der Waals surface area contributed by atoms with Crippen LogP contribution in [-0.2, 0) is 21.3 Å². The molecule has 0 bridgehead atoms. The number of aromatic carboxylic acids is 1. The molecule has 1 aliphatic heterocycles. The Bertz CT molecular complexity index is 627. The van der Waals surface area contributed by atoms with Crippen molar-refractivity contribution >= 4 is 16.0 Å². The van der Waals surface area contributed by atoms with Gasteiger partial charge in [-0.15, -0.1) is 0 Å². The summed E-state index contributed by atoms with van der Waals surface area (Å²) in [6.45, 7) is 6.34. The number of sulfonamides is 1. The molecule has 2 heterocycles. The molecule has 1 aromatic heterocycles. The van der Waals surface area contributed by atoms with E-state index in [0.29, 0.717) is 6.54 Å². The van der Waals surface area contributed by atoms with Gasteiger partial charge in [0.25, 0.3) is 0 Å². The molecule has 1 fully saturated rings. The second kappa shape index (κ2) is 5.78. The van der Waals surface area contributed by atoms with Crippen LogP contribution in [0.1, 0.15) is 31.3 Å². The van der Waals surface area contributed by atoms with Crippen LogP contribution in [0.15, 0.2) is 17.2 Å². The van der Waals surface area contributed by atoms with E-state index in [1.165, 1.54) is 21.1 Å². The van der Waals surface area contributed by atoms with E-state index in [9.17, 15) is 13.2 Å². The number of nitrogens with zero attached hydrogens (tertiary/aromatic N) is 2. The van der Waals surface area contributed by atoms with Gasteiger partial charge in [0.15, 0.2) is 0 Å². The van der Waals surface area contributed by atoms with Crippen molar-refractivity contribution in [1.82, 2.24) is 8.87 Å². The van der Waals surface area contributed by atoms with Crippen LogP contribution >= 0.6 is 0 Å². The van der Waals surface area contributed by atoms with E-state index in [1.807, 2.05) is 13.8 Å². The van der Waals surface area contributed by atoms with Gasteiger partial charge in [0.1, 0.15) is 10.6 Å². The predicted molar refractivity (Wildman–Crippen MR) is 75.8 cm³/mol. The number of hydrogen-bond acceptors (Lipinski definition) is 4. The molecule has 1 N–H and O–H groups in total. The lowest BCUT2D eigenvalue weighted by Crippen LogP contribution is -2.48. The molecule has 1 aliphatic rings. The first-order valence-electron chi connectivity index (χ1n) is 6.84. The Morgan fingerprint density at radius 3 is 2.38 bits per heavy atom. The Morgan fingerprint density at radius 2 is 1.95 bits per heavy atom. The van der Waals surface area contributed by atoms with E-state index in [0.717, 1.165) is 0 Å². The van der Waals surface area contributed by atoms with Crippen LogP contribution in [0.2, 0.25) is 0 Å². The fraction of sp³-hybridized carbons (Fsp3) is 0.615. The van der Waals surface area contributed by atoms with Crippen LogP contribution in [0.5, 0.6) is 0 Å². The van der Waals surface area contributed by atoms with Gasteiger partial charge in [0, 0.05) is 25.8 Å². The predicted octanol–water partition coefficient (Wildman–Crippen LogP) is 1.00. The Morgan fingerprint density at radius 1 is 1.38 bits per heavy atom. The summed E-state index contributed by atoms with van der Waals surface area (Å²) in [5, 5.41) is 9.12. The molecule has 8 heteroatoms. The number of carboxylic acids is 1. The minimum atomic E-state index is -3.70. The van der Waals surface area contributed by atoms with Crippen LogP contribution in [-0.4, -0.2) is 53.7 Å². The first-order chi connectivity index (χ1) is 9.75. The summed E-state index contributed by atoms with van der Waals surface area (Å²) in [4.78, 5) is 11.2. The van der Waals surface area contributed by atoms with E-state index in [1.54, 1.807) is 6.92 Å². The number of aromatic nitrogens is 1. The van der Waals surface area contributed by atoms with Gasteiger partial charge in [-0.1, -0.05) is 0 Å². The summed E-state index contributed by atoms with van der Waals surface area (Å²) in [7, 11) is -3.70. The molecular weight excluding hydrogens is 296 g/mol. The normalized spacial score (nSPS) is 24.1. The zero-order chi connectivity index (χ0) is 15.8. The van der Waals surface area contributed by atoms with Gasteiger partial charge in [-0.3, -0.25) is 0 Å². The van der Waals surface area contributed by atoms with E-state index in [4.69, 9.17) is 9.84 Å². The zero-order valence-electron chi connectivity index (χ0n) is 12.3. The van der Waals surface area contributed by atoms with Crippen LogP contribution < -0.4 is 0 Å². The van der Waals surface area contributed by atoms with Gasteiger partial charge in [-0.05, 0) is 26.8 Å². The maximum absolute atomic E-state index is 12.6. The summed E-state index contributed by atoms with van der Waals surface area (Å²) in [6, 6.07) is 1.21. The summed E-state index contributed by atoms with van der Waals surface area (Å²) >= 11 is 0. The highest BCUT2D eigenvalue weighted by atomic mass is 32.2. The summed E-state index contributed by atoms with van der Waals surface area (Å²) in [5.41, 5.74) is -0.0227. The van der Waals surface area contributed by atoms with Crippen molar-refractivity contribution < 1.29 is 23.1 Å². The number of aryl methyl sites for hydroxylation is 1. The molecule has 118 valence electrons. The number of ether oxygens (including phenoxy) is 1. The molecule has 0 radical (unpaired) electrons. The highest BCUT2D eigenvalue weighted by Crippen LogP contribution is 2.23. The SMILES string of the molecule is CCn1cc(S(=O)(=O)N2CC(C)OC(C)C2)cc1C(=O)O. The molecule has 21 heavy (non-hydrogen) atoms. The van der Waals surface area contributed by atoms with Crippen molar-refractivity contribution in [3.05, 3.63) is 18.0 Å². The topological polar surface area (TPSA) is 88.8 Å². The Kier molecular flexibility index (Phi) is 4.40. The Balaban J connectivity index is 2.37. The van der Waals surface area contributed by atoms with Gasteiger partial charge in [-0.2, -0.15) is 4.31 Å². The van der Waals surface area contributed by atoms with Crippen LogP contribution in [0.25, 0.3) is 0 Å². The molecule has 2 unspecified atom stereocenters. The Labute approximate surface area is 124 Å². The fourth-order valence-electron chi connectivity index (χ4n) is 2.54. The smallest absolute Gasteiger partial charge is 0.352 e. The molecule has 2 rings (SSSR count). The van der Waals surface area contributed by atoms with Crippen molar-refractivity contribution in [3.63, 3.8) is 0 Å². The molecule has 0 saturated carbocycles. The molecule has 0 spiro atoms. The number of morpholine rings is 1. The average Bonchev–Trinajstić information content (AvgIpc) is 2.82. The molecular formula is C13H20N2O5S. The van der Waals surface area contributed by atoms with Crippen LogP contribution in [0.3, 0.4) is 0 Å². The monoisotopic (exact) mass is 316 g/mol. The first-order valence-corrected chi connectivity index (χ1v) is 8.28. The highest BCUT2D eigenvalue weighted by Gasteiger charge is 2.33. The van der Waals surface area contributed by atoms with E-state index in [2.05, 4.69) is 0 Å². The summed E-state index contributed by atoms with van der Waals surface area (Å²) in [5.74, 6) is -1.14. The molecule has 7 nitrogen and oxygen atoms in total.